The van der Waals surface area contributed by atoms with Crippen molar-refractivity contribution in [3.05, 3.63) is 17.5 Å². The zero-order chi connectivity index (χ0) is 12.2. The van der Waals surface area contributed by atoms with Crippen molar-refractivity contribution >= 4 is 10.0 Å². The predicted molar refractivity (Wildman–Crippen MR) is 67.9 cm³/mol. The van der Waals surface area contributed by atoms with Gasteiger partial charge in [-0.15, -0.1) is 0 Å². The number of nitriles is 1. The van der Waals surface area contributed by atoms with E-state index in [1.807, 2.05) is 6.92 Å². The van der Waals surface area contributed by atoms with Gasteiger partial charge >= 0.3 is 0 Å². The van der Waals surface area contributed by atoms with E-state index < -0.39 is 10.0 Å². The van der Waals surface area contributed by atoms with Gasteiger partial charge in [-0.25, -0.2) is 14.7 Å². The Labute approximate surface area is 98.5 Å². The first kappa shape index (κ1) is 13.1. The van der Waals surface area contributed by atoms with Crippen LogP contribution < -0.4 is 0 Å². The summed E-state index contributed by atoms with van der Waals surface area (Å²) >= 11 is 0. The molecule has 0 spiro atoms. The second-order valence-electron chi connectivity index (χ2n) is 4.61. The molecule has 1 heterocycles. The van der Waals surface area contributed by atoms with Crippen LogP contribution in [0.25, 0.3) is 0 Å². The largest absolute Gasteiger partial charge is 0.358 e. The number of ether oxygens (including phenoxy) is 1. The molecule has 0 aliphatic heterocycles. The predicted octanol–water partition coefficient (Wildman–Crippen LogP) is 1.73. The lowest BCUT2D eigenvalue weighted by Crippen LogP contribution is -2.11. The fourth-order valence-corrected chi connectivity index (χ4v) is 1.81. The van der Waals surface area contributed by atoms with Gasteiger partial charge in [0, 0.05) is 5.75 Å². The highest BCUT2D eigenvalue weighted by molar-refractivity contribution is 8.32. The van der Waals surface area contributed by atoms with Gasteiger partial charge in [0.15, 0.2) is 0 Å². The molecule has 0 unspecified atom stereocenters. The molecule has 16 heavy (non-hydrogen) atoms. The lowest BCUT2D eigenvalue weighted by molar-refractivity contribution is 0.0801. The average Bonchev–Trinajstić information content (AvgIpc) is 2.52. The van der Waals surface area contributed by atoms with Gasteiger partial charge in [0.1, 0.15) is 18.5 Å². The fraction of sp³-hybridized carbons (Fsp3) is 0.636. The number of nitrogens with zero attached hydrogens (tertiary/aromatic N) is 3. The Morgan fingerprint density at radius 1 is 1.50 bits per heavy atom. The van der Waals surface area contributed by atoms with Gasteiger partial charge in [0.2, 0.25) is 0 Å². The first-order valence-corrected chi connectivity index (χ1v) is 8.13. The molecule has 0 aromatic carbocycles. The molecule has 5 heteroatoms. The Hall–Kier alpha value is -0.990. The van der Waals surface area contributed by atoms with Crippen LogP contribution in [0.15, 0.2) is 6.07 Å². The van der Waals surface area contributed by atoms with Crippen LogP contribution in [-0.4, -0.2) is 40.9 Å². The summed E-state index contributed by atoms with van der Waals surface area (Å²) in [5, 5.41) is 13.0. The Balaban J connectivity index is 2.41. The highest BCUT2D eigenvalue weighted by Gasteiger charge is 2.06. The van der Waals surface area contributed by atoms with E-state index in [0.717, 1.165) is 18.1 Å². The van der Waals surface area contributed by atoms with Gasteiger partial charge < -0.3 is 4.74 Å². The third-order valence-electron chi connectivity index (χ3n) is 2.07. The molecule has 0 bridgehead atoms. The number of hydrogen-bond donors (Lipinski definition) is 0. The molecule has 0 saturated carbocycles. The molecule has 1 aromatic heterocycles. The average molecular weight is 241 g/mol. The van der Waals surface area contributed by atoms with Crippen LogP contribution in [0.5, 0.6) is 0 Å². The smallest absolute Gasteiger partial charge is 0.141 e. The highest BCUT2D eigenvalue weighted by atomic mass is 32.3. The number of aryl methyl sites for hydroxylation is 1. The molecule has 90 valence electrons. The summed E-state index contributed by atoms with van der Waals surface area (Å²) < 4.78 is 7.13. The van der Waals surface area contributed by atoms with E-state index in [4.69, 9.17) is 10.00 Å². The minimum absolute atomic E-state index is 0.367. The Bertz CT molecular complexity index is 387. The summed E-state index contributed by atoms with van der Waals surface area (Å²) in [6.07, 6.45) is 6.78. The van der Waals surface area contributed by atoms with Crippen molar-refractivity contribution in [3.8, 4) is 6.07 Å². The van der Waals surface area contributed by atoms with Gasteiger partial charge in [-0.3, -0.25) is 0 Å². The van der Waals surface area contributed by atoms with Crippen molar-refractivity contribution in [3.63, 3.8) is 0 Å². The van der Waals surface area contributed by atoms with Gasteiger partial charge in [-0.1, -0.05) is 0 Å². The van der Waals surface area contributed by atoms with E-state index in [1.165, 1.54) is 0 Å². The van der Waals surface area contributed by atoms with E-state index in [0.29, 0.717) is 12.4 Å². The lowest BCUT2D eigenvalue weighted by Gasteiger charge is -2.24. The van der Waals surface area contributed by atoms with E-state index >= 15 is 0 Å². The number of rotatable bonds is 5. The minimum atomic E-state index is -0.509. The molecule has 1 aromatic rings. The number of hydrogen-bond acceptors (Lipinski definition) is 3. The summed E-state index contributed by atoms with van der Waals surface area (Å²) in [6, 6.07) is 3.86. The van der Waals surface area contributed by atoms with Crippen LogP contribution in [0.1, 0.15) is 11.4 Å². The van der Waals surface area contributed by atoms with Crippen LogP contribution in [0, 0.1) is 18.3 Å². The van der Waals surface area contributed by atoms with Gasteiger partial charge in [0.25, 0.3) is 0 Å². The van der Waals surface area contributed by atoms with Crippen molar-refractivity contribution < 1.29 is 4.74 Å². The van der Waals surface area contributed by atoms with Crippen LogP contribution >= 0.6 is 10.0 Å². The van der Waals surface area contributed by atoms with Crippen LogP contribution in [0.3, 0.4) is 0 Å². The summed E-state index contributed by atoms with van der Waals surface area (Å²) in [5.74, 6) is 1.08. The molecular weight excluding hydrogens is 222 g/mol. The second kappa shape index (κ2) is 5.37. The van der Waals surface area contributed by atoms with Crippen molar-refractivity contribution in [2.75, 3.05) is 31.1 Å². The van der Waals surface area contributed by atoms with Crippen molar-refractivity contribution in [2.45, 2.75) is 13.7 Å². The fourth-order valence-electron chi connectivity index (χ4n) is 1.19. The number of aromatic nitrogens is 2. The molecule has 0 N–H and O–H groups in total. The second-order valence-corrected chi connectivity index (χ2v) is 9.20. The van der Waals surface area contributed by atoms with E-state index in [-0.39, 0.29) is 0 Å². The molecule has 0 saturated heterocycles. The van der Waals surface area contributed by atoms with Crippen molar-refractivity contribution in [2.24, 2.45) is 0 Å². The molecule has 0 aliphatic carbocycles. The van der Waals surface area contributed by atoms with Gasteiger partial charge in [-0.05, 0) is 31.8 Å². The van der Waals surface area contributed by atoms with Crippen molar-refractivity contribution in [1.29, 1.82) is 5.26 Å². The van der Waals surface area contributed by atoms with Crippen LogP contribution in [0.2, 0.25) is 0 Å². The molecule has 0 atom stereocenters. The van der Waals surface area contributed by atoms with Crippen LogP contribution in [0.4, 0.5) is 0 Å². The van der Waals surface area contributed by atoms with Crippen molar-refractivity contribution in [1.82, 2.24) is 9.78 Å². The maximum atomic E-state index is 8.86. The van der Waals surface area contributed by atoms with E-state index in [9.17, 15) is 0 Å². The molecule has 0 radical (unpaired) electrons. The lowest BCUT2D eigenvalue weighted by atomic mass is 10.4. The maximum absolute atomic E-state index is 8.86. The zero-order valence-corrected chi connectivity index (χ0v) is 11.2. The summed E-state index contributed by atoms with van der Waals surface area (Å²) in [6.45, 7) is 2.96. The van der Waals surface area contributed by atoms with E-state index in [1.54, 1.807) is 10.7 Å². The first-order valence-electron chi connectivity index (χ1n) is 5.11. The van der Waals surface area contributed by atoms with Gasteiger partial charge in [0.05, 0.1) is 12.3 Å². The normalized spacial score (nSPS) is 12.4. The quantitative estimate of drug-likeness (QED) is 0.738. The highest BCUT2D eigenvalue weighted by Crippen LogP contribution is 2.33. The van der Waals surface area contributed by atoms with Crippen LogP contribution in [-0.2, 0) is 11.5 Å². The third kappa shape index (κ3) is 4.25. The molecule has 1 rings (SSSR count). The zero-order valence-electron chi connectivity index (χ0n) is 10.4. The minimum Gasteiger partial charge on any atom is -0.358 e. The summed E-state index contributed by atoms with van der Waals surface area (Å²) in [4.78, 5) is 0. The topological polar surface area (TPSA) is 50.8 Å². The third-order valence-corrected chi connectivity index (χ3v) is 3.46. The molecule has 0 fully saturated rings. The first-order chi connectivity index (χ1) is 7.42. The standard InChI is InChI=1S/C11H19N3OS/c1-10-7-11(8-12)14(13-10)9-15-5-6-16(2,3)4/h7H,5-6,9H2,1-4H3. The summed E-state index contributed by atoms with van der Waals surface area (Å²) in [7, 11) is -0.509. The Morgan fingerprint density at radius 3 is 2.75 bits per heavy atom. The van der Waals surface area contributed by atoms with Gasteiger partial charge in [-0.2, -0.15) is 10.4 Å². The van der Waals surface area contributed by atoms with E-state index in [2.05, 4.69) is 29.9 Å². The SMILES string of the molecule is Cc1cc(C#N)n(COCCS(C)(C)C)n1. The Kier molecular flexibility index (Phi) is 4.39. The molecule has 0 amide bonds. The molecule has 4 nitrogen and oxygen atoms in total. The Morgan fingerprint density at radius 2 is 2.19 bits per heavy atom. The summed E-state index contributed by atoms with van der Waals surface area (Å²) in [5.41, 5.74) is 1.40. The molecular formula is C11H19N3OS. The monoisotopic (exact) mass is 241 g/mol. The molecule has 0 aliphatic rings. The maximum Gasteiger partial charge on any atom is 0.141 e.